The predicted molar refractivity (Wildman–Crippen MR) is 71.9 cm³/mol. The highest BCUT2D eigenvalue weighted by atomic mass is 32.2. The van der Waals surface area contributed by atoms with Gasteiger partial charge in [-0.25, -0.2) is 9.18 Å². The molecule has 3 nitrogen and oxygen atoms in total. The number of hydrogen-bond donors (Lipinski definition) is 2. The molecule has 2 atom stereocenters. The van der Waals surface area contributed by atoms with Crippen LogP contribution >= 0.6 is 11.8 Å². The van der Waals surface area contributed by atoms with Crippen LogP contribution in [0.2, 0.25) is 0 Å². The van der Waals surface area contributed by atoms with Gasteiger partial charge in [0.1, 0.15) is 5.82 Å². The molecule has 98 valence electrons. The van der Waals surface area contributed by atoms with E-state index in [1.807, 2.05) is 0 Å². The van der Waals surface area contributed by atoms with Crippen molar-refractivity contribution in [2.75, 3.05) is 11.6 Å². The van der Waals surface area contributed by atoms with E-state index < -0.39 is 11.8 Å². The Morgan fingerprint density at radius 1 is 1.50 bits per heavy atom. The van der Waals surface area contributed by atoms with Crippen molar-refractivity contribution in [2.24, 2.45) is 0 Å². The van der Waals surface area contributed by atoms with Crippen LogP contribution in [0.3, 0.4) is 0 Å². The number of halogens is 1. The van der Waals surface area contributed by atoms with Gasteiger partial charge in [0, 0.05) is 11.3 Å². The van der Waals surface area contributed by atoms with Crippen molar-refractivity contribution in [3.63, 3.8) is 0 Å². The molecule has 5 heteroatoms. The average Bonchev–Trinajstić information content (AvgIpc) is 2.78. The minimum Gasteiger partial charge on any atom is -0.478 e. The molecule has 1 aliphatic rings. The number of carbonyl (C=O) groups is 1. The van der Waals surface area contributed by atoms with E-state index in [4.69, 9.17) is 5.11 Å². The molecule has 1 aromatic rings. The van der Waals surface area contributed by atoms with Gasteiger partial charge in [-0.3, -0.25) is 0 Å². The number of carboxylic acid groups (broad SMARTS) is 1. The molecule has 1 saturated carbocycles. The first kappa shape index (κ1) is 13.2. The summed E-state index contributed by atoms with van der Waals surface area (Å²) in [4.78, 5) is 10.7. The fourth-order valence-corrected chi connectivity index (χ4v) is 3.27. The lowest BCUT2D eigenvalue weighted by atomic mass is 10.1. The molecule has 0 aliphatic heterocycles. The Morgan fingerprint density at radius 2 is 2.28 bits per heavy atom. The Bertz CT molecular complexity index is 453. The molecule has 0 spiro atoms. The second-order valence-electron chi connectivity index (χ2n) is 4.46. The second kappa shape index (κ2) is 5.61. The Morgan fingerprint density at radius 3 is 2.89 bits per heavy atom. The van der Waals surface area contributed by atoms with Gasteiger partial charge in [-0.15, -0.1) is 0 Å². The Labute approximate surface area is 110 Å². The maximum absolute atomic E-state index is 13.8. The zero-order valence-electron chi connectivity index (χ0n) is 10.1. The minimum atomic E-state index is -1.11. The second-order valence-corrected chi connectivity index (χ2v) is 5.53. The molecular formula is C13H16FNO2S. The smallest absolute Gasteiger partial charge is 0.335 e. The van der Waals surface area contributed by atoms with E-state index in [0.29, 0.717) is 10.9 Å². The molecule has 1 aromatic carbocycles. The lowest BCUT2D eigenvalue weighted by Crippen LogP contribution is -2.26. The summed E-state index contributed by atoms with van der Waals surface area (Å²) in [5.74, 6) is -1.61. The van der Waals surface area contributed by atoms with E-state index in [2.05, 4.69) is 11.6 Å². The molecule has 2 rings (SSSR count). The number of aromatic carboxylic acids is 1. The molecule has 0 aromatic heterocycles. The number of nitrogens with one attached hydrogen (secondary N) is 1. The first-order valence-electron chi connectivity index (χ1n) is 5.94. The van der Waals surface area contributed by atoms with Crippen molar-refractivity contribution < 1.29 is 14.3 Å². The molecule has 1 fully saturated rings. The van der Waals surface area contributed by atoms with Gasteiger partial charge in [0.25, 0.3) is 0 Å². The largest absolute Gasteiger partial charge is 0.478 e. The van der Waals surface area contributed by atoms with Gasteiger partial charge >= 0.3 is 5.97 Å². The number of thioether (sulfide) groups is 1. The molecule has 2 unspecified atom stereocenters. The van der Waals surface area contributed by atoms with Crippen molar-refractivity contribution >= 4 is 23.4 Å². The van der Waals surface area contributed by atoms with Crippen LogP contribution in [0.15, 0.2) is 18.2 Å². The van der Waals surface area contributed by atoms with Crippen LogP contribution in [0.5, 0.6) is 0 Å². The molecular weight excluding hydrogens is 253 g/mol. The summed E-state index contributed by atoms with van der Waals surface area (Å²) in [6.07, 6.45) is 5.39. The maximum Gasteiger partial charge on any atom is 0.335 e. The van der Waals surface area contributed by atoms with Gasteiger partial charge in [0.15, 0.2) is 0 Å². The third kappa shape index (κ3) is 2.77. The topological polar surface area (TPSA) is 49.3 Å². The molecule has 0 heterocycles. The van der Waals surface area contributed by atoms with Crippen molar-refractivity contribution in [2.45, 2.75) is 30.6 Å². The van der Waals surface area contributed by atoms with Gasteiger partial charge < -0.3 is 10.4 Å². The van der Waals surface area contributed by atoms with Crippen LogP contribution in [0, 0.1) is 5.82 Å². The van der Waals surface area contributed by atoms with E-state index >= 15 is 0 Å². The molecule has 0 bridgehead atoms. The monoisotopic (exact) mass is 269 g/mol. The average molecular weight is 269 g/mol. The van der Waals surface area contributed by atoms with Crippen LogP contribution < -0.4 is 5.32 Å². The van der Waals surface area contributed by atoms with Crippen LogP contribution in [-0.4, -0.2) is 28.6 Å². The normalized spacial score (nSPS) is 23.0. The zero-order valence-corrected chi connectivity index (χ0v) is 11.0. The number of hydrogen-bond acceptors (Lipinski definition) is 3. The summed E-state index contributed by atoms with van der Waals surface area (Å²) >= 11 is 1.79. The van der Waals surface area contributed by atoms with E-state index in [1.165, 1.54) is 12.1 Å². The summed E-state index contributed by atoms with van der Waals surface area (Å²) in [7, 11) is 0. The fourth-order valence-electron chi connectivity index (χ4n) is 2.34. The molecule has 2 N–H and O–H groups in total. The quantitative estimate of drug-likeness (QED) is 0.881. The van der Waals surface area contributed by atoms with Crippen molar-refractivity contribution in [1.82, 2.24) is 0 Å². The highest BCUT2D eigenvalue weighted by Gasteiger charge is 2.26. The fraction of sp³-hybridized carbons (Fsp3) is 0.462. The van der Waals surface area contributed by atoms with Crippen molar-refractivity contribution in [3.05, 3.63) is 29.6 Å². The first-order valence-corrected chi connectivity index (χ1v) is 7.23. The molecule has 0 radical (unpaired) electrons. The van der Waals surface area contributed by atoms with Crippen LogP contribution in [0.4, 0.5) is 10.1 Å². The Hall–Kier alpha value is -1.23. The predicted octanol–water partition coefficient (Wildman–Crippen LogP) is 3.22. The van der Waals surface area contributed by atoms with Gasteiger partial charge in [0.05, 0.1) is 11.3 Å². The summed E-state index contributed by atoms with van der Waals surface area (Å²) in [5.41, 5.74) is 0.372. The molecule has 18 heavy (non-hydrogen) atoms. The maximum atomic E-state index is 13.8. The summed E-state index contributed by atoms with van der Waals surface area (Å²) in [6.45, 7) is 0. The lowest BCUT2D eigenvalue weighted by Gasteiger charge is -2.20. The number of anilines is 1. The number of benzene rings is 1. The molecule has 0 saturated heterocycles. The van der Waals surface area contributed by atoms with E-state index in [-0.39, 0.29) is 11.6 Å². The third-order valence-electron chi connectivity index (χ3n) is 3.31. The van der Waals surface area contributed by atoms with Crippen LogP contribution in [0.1, 0.15) is 29.6 Å². The van der Waals surface area contributed by atoms with Gasteiger partial charge in [-0.05, 0) is 37.3 Å². The van der Waals surface area contributed by atoms with Crippen molar-refractivity contribution in [3.8, 4) is 0 Å². The lowest BCUT2D eigenvalue weighted by molar-refractivity contribution is 0.0696. The first-order chi connectivity index (χ1) is 8.61. The summed E-state index contributed by atoms with van der Waals surface area (Å²) in [5, 5.41) is 12.5. The zero-order chi connectivity index (χ0) is 13.1. The molecule has 0 amide bonds. The number of carboxylic acids is 1. The highest BCUT2D eigenvalue weighted by molar-refractivity contribution is 7.99. The van der Waals surface area contributed by atoms with E-state index in [0.717, 1.165) is 25.3 Å². The summed E-state index contributed by atoms with van der Waals surface area (Å²) < 4.78 is 13.8. The highest BCUT2D eigenvalue weighted by Crippen LogP contribution is 2.31. The third-order valence-corrected chi connectivity index (χ3v) is 4.48. The van der Waals surface area contributed by atoms with Crippen molar-refractivity contribution in [1.29, 1.82) is 0 Å². The Balaban J connectivity index is 2.12. The van der Waals surface area contributed by atoms with Gasteiger partial charge in [-0.1, -0.05) is 6.42 Å². The summed E-state index contributed by atoms with van der Waals surface area (Å²) in [6, 6.07) is 4.27. The Kier molecular flexibility index (Phi) is 4.11. The SMILES string of the molecule is CSC1CCCC1Nc1ccc(C(=O)O)cc1F. The van der Waals surface area contributed by atoms with Crippen LogP contribution in [-0.2, 0) is 0 Å². The van der Waals surface area contributed by atoms with E-state index in [1.54, 1.807) is 11.8 Å². The standard InChI is InChI=1S/C13H16FNO2S/c1-18-12-4-2-3-11(12)15-10-6-5-8(13(16)17)7-9(10)14/h5-7,11-12,15H,2-4H2,1H3,(H,16,17). The number of rotatable bonds is 4. The minimum absolute atomic E-state index is 0.0223. The van der Waals surface area contributed by atoms with Gasteiger partial charge in [0.2, 0.25) is 0 Å². The van der Waals surface area contributed by atoms with E-state index in [9.17, 15) is 9.18 Å². The van der Waals surface area contributed by atoms with Gasteiger partial charge in [-0.2, -0.15) is 11.8 Å². The molecule has 1 aliphatic carbocycles. The van der Waals surface area contributed by atoms with Crippen LogP contribution in [0.25, 0.3) is 0 Å².